The average Bonchev–Trinajstić information content (AvgIpc) is 2.58. The maximum Gasteiger partial charge on any atom is 0.137 e. The second-order valence-corrected chi connectivity index (χ2v) is 7.13. The van der Waals surface area contributed by atoms with Crippen molar-refractivity contribution in [3.63, 3.8) is 0 Å². The number of rotatable bonds is 10. The molecule has 0 atom stereocenters. The Labute approximate surface area is 160 Å². The maximum absolute atomic E-state index is 6.07. The quantitative estimate of drug-likeness (QED) is 0.489. The zero-order valence-corrected chi connectivity index (χ0v) is 16.2. The second-order valence-electron chi connectivity index (χ2n) is 6.29. The normalized spacial score (nSPS) is 10.8. The van der Waals surface area contributed by atoms with E-state index in [0.29, 0.717) is 28.3 Å². The van der Waals surface area contributed by atoms with Gasteiger partial charge in [-0.1, -0.05) is 37.0 Å². The molecule has 2 aromatic carbocycles. The minimum Gasteiger partial charge on any atom is -0.493 e. The van der Waals surface area contributed by atoms with Gasteiger partial charge >= 0.3 is 0 Å². The third-order valence-corrected chi connectivity index (χ3v) is 4.02. The Morgan fingerprint density at radius 2 is 1.72 bits per heavy atom. The molecule has 1 N–H and O–H groups in total. The lowest BCUT2D eigenvalue weighted by Crippen LogP contribution is -2.06. The van der Waals surface area contributed by atoms with E-state index in [9.17, 15) is 0 Å². The highest BCUT2D eigenvalue weighted by molar-refractivity contribution is 6.35. The standard InChI is InChI=1S/C20H25Cl2NO2/c1-15(2)14-25-18-8-6-17(7-9-18)23-11-3-4-12-24-20-10-5-16(21)13-19(20)22/h5-10,13,15,23H,3-4,11-12,14H2,1-2H3. The van der Waals surface area contributed by atoms with E-state index in [0.717, 1.165) is 37.4 Å². The van der Waals surface area contributed by atoms with E-state index < -0.39 is 0 Å². The van der Waals surface area contributed by atoms with Crippen LogP contribution in [0, 0.1) is 5.92 Å². The van der Waals surface area contributed by atoms with Gasteiger partial charge in [0, 0.05) is 17.3 Å². The van der Waals surface area contributed by atoms with Crippen molar-refractivity contribution in [2.75, 3.05) is 25.1 Å². The molecule has 0 aliphatic rings. The van der Waals surface area contributed by atoms with Crippen molar-refractivity contribution < 1.29 is 9.47 Å². The molecule has 5 heteroatoms. The van der Waals surface area contributed by atoms with Gasteiger partial charge in [0.15, 0.2) is 0 Å². The molecular formula is C20H25Cl2NO2. The summed E-state index contributed by atoms with van der Waals surface area (Å²) in [6, 6.07) is 13.3. The van der Waals surface area contributed by atoms with Crippen LogP contribution in [0.4, 0.5) is 5.69 Å². The summed E-state index contributed by atoms with van der Waals surface area (Å²) in [6.45, 7) is 6.54. The van der Waals surface area contributed by atoms with E-state index in [1.807, 2.05) is 24.3 Å². The fourth-order valence-electron chi connectivity index (χ4n) is 2.17. The van der Waals surface area contributed by atoms with Crippen LogP contribution in [0.25, 0.3) is 0 Å². The van der Waals surface area contributed by atoms with Crippen LogP contribution in [0.2, 0.25) is 10.0 Å². The first-order valence-corrected chi connectivity index (χ1v) is 9.35. The number of unbranched alkanes of at least 4 members (excludes halogenated alkanes) is 1. The highest BCUT2D eigenvalue weighted by Gasteiger charge is 2.02. The van der Waals surface area contributed by atoms with Gasteiger partial charge in [-0.05, 0) is 61.2 Å². The highest BCUT2D eigenvalue weighted by atomic mass is 35.5. The van der Waals surface area contributed by atoms with Gasteiger partial charge in [0.1, 0.15) is 11.5 Å². The Balaban J connectivity index is 1.61. The topological polar surface area (TPSA) is 30.5 Å². The van der Waals surface area contributed by atoms with Gasteiger partial charge in [-0.15, -0.1) is 0 Å². The number of halogens is 2. The van der Waals surface area contributed by atoms with Crippen LogP contribution in [0.3, 0.4) is 0 Å². The van der Waals surface area contributed by atoms with Gasteiger partial charge in [-0.25, -0.2) is 0 Å². The third kappa shape index (κ3) is 7.45. The molecule has 2 rings (SSSR count). The molecule has 2 aromatic rings. The molecule has 0 heterocycles. The number of ether oxygens (including phenoxy) is 2. The van der Waals surface area contributed by atoms with Crippen LogP contribution in [0.1, 0.15) is 26.7 Å². The third-order valence-electron chi connectivity index (χ3n) is 3.49. The molecule has 0 unspecified atom stereocenters. The molecule has 0 amide bonds. The van der Waals surface area contributed by atoms with Crippen LogP contribution >= 0.6 is 23.2 Å². The first-order valence-electron chi connectivity index (χ1n) is 8.59. The van der Waals surface area contributed by atoms with Crippen molar-refractivity contribution in [2.45, 2.75) is 26.7 Å². The van der Waals surface area contributed by atoms with Crippen molar-refractivity contribution in [3.8, 4) is 11.5 Å². The monoisotopic (exact) mass is 381 g/mol. The van der Waals surface area contributed by atoms with Crippen molar-refractivity contribution in [3.05, 3.63) is 52.5 Å². The number of hydrogen-bond donors (Lipinski definition) is 1. The predicted molar refractivity (Wildman–Crippen MR) is 106 cm³/mol. The van der Waals surface area contributed by atoms with Crippen molar-refractivity contribution in [2.24, 2.45) is 5.92 Å². The van der Waals surface area contributed by atoms with Crippen molar-refractivity contribution in [1.29, 1.82) is 0 Å². The zero-order valence-electron chi connectivity index (χ0n) is 14.7. The van der Waals surface area contributed by atoms with Gasteiger partial charge in [-0.2, -0.15) is 0 Å². The average molecular weight is 382 g/mol. The van der Waals surface area contributed by atoms with E-state index in [1.54, 1.807) is 18.2 Å². The van der Waals surface area contributed by atoms with Crippen molar-refractivity contribution >= 4 is 28.9 Å². The summed E-state index contributed by atoms with van der Waals surface area (Å²) in [6.07, 6.45) is 1.96. The smallest absolute Gasteiger partial charge is 0.137 e. The van der Waals surface area contributed by atoms with Crippen LogP contribution in [-0.2, 0) is 0 Å². The Bertz CT molecular complexity index is 645. The molecule has 0 spiro atoms. The van der Waals surface area contributed by atoms with Crippen LogP contribution in [0.5, 0.6) is 11.5 Å². The lowest BCUT2D eigenvalue weighted by atomic mass is 10.2. The van der Waals surface area contributed by atoms with Gasteiger partial charge < -0.3 is 14.8 Å². The zero-order chi connectivity index (χ0) is 18.1. The highest BCUT2D eigenvalue weighted by Crippen LogP contribution is 2.27. The van der Waals surface area contributed by atoms with Gasteiger partial charge in [0.05, 0.1) is 18.2 Å². The fourth-order valence-corrected chi connectivity index (χ4v) is 2.63. The number of hydrogen-bond acceptors (Lipinski definition) is 3. The van der Waals surface area contributed by atoms with Crippen LogP contribution in [0.15, 0.2) is 42.5 Å². The molecular weight excluding hydrogens is 357 g/mol. The first-order chi connectivity index (χ1) is 12.0. The molecule has 0 aliphatic heterocycles. The number of nitrogens with one attached hydrogen (secondary N) is 1. The summed E-state index contributed by atoms with van der Waals surface area (Å²) >= 11 is 11.9. The van der Waals surface area contributed by atoms with Crippen molar-refractivity contribution in [1.82, 2.24) is 0 Å². The minimum absolute atomic E-state index is 0.530. The molecule has 0 aliphatic carbocycles. The largest absolute Gasteiger partial charge is 0.493 e. The first kappa shape index (κ1) is 19.7. The fraction of sp³-hybridized carbons (Fsp3) is 0.400. The van der Waals surface area contributed by atoms with E-state index >= 15 is 0 Å². The number of anilines is 1. The summed E-state index contributed by atoms with van der Waals surface area (Å²) in [7, 11) is 0. The van der Waals surface area contributed by atoms with E-state index in [1.165, 1.54) is 0 Å². The molecule has 136 valence electrons. The van der Waals surface area contributed by atoms with E-state index in [2.05, 4.69) is 19.2 Å². The number of benzene rings is 2. The van der Waals surface area contributed by atoms with Crippen LogP contribution in [-0.4, -0.2) is 19.8 Å². The second kappa shape index (κ2) is 10.4. The summed E-state index contributed by atoms with van der Waals surface area (Å²) in [4.78, 5) is 0. The molecule has 0 saturated carbocycles. The predicted octanol–water partition coefficient (Wildman–Crippen LogP) is 6.30. The Morgan fingerprint density at radius 3 is 2.40 bits per heavy atom. The SMILES string of the molecule is CC(C)COc1ccc(NCCCCOc2ccc(Cl)cc2Cl)cc1. The summed E-state index contributed by atoms with van der Waals surface area (Å²) in [5, 5.41) is 4.56. The molecule has 0 aromatic heterocycles. The Hall–Kier alpha value is -1.58. The Kier molecular flexibility index (Phi) is 8.23. The molecule has 0 saturated heterocycles. The summed E-state index contributed by atoms with van der Waals surface area (Å²) in [5.41, 5.74) is 1.10. The molecule has 0 fully saturated rings. The van der Waals surface area contributed by atoms with Gasteiger partial charge in [-0.3, -0.25) is 0 Å². The summed E-state index contributed by atoms with van der Waals surface area (Å²) in [5.74, 6) is 2.12. The summed E-state index contributed by atoms with van der Waals surface area (Å²) < 4.78 is 11.3. The van der Waals surface area contributed by atoms with E-state index in [4.69, 9.17) is 32.7 Å². The molecule has 25 heavy (non-hydrogen) atoms. The van der Waals surface area contributed by atoms with E-state index in [-0.39, 0.29) is 0 Å². The lowest BCUT2D eigenvalue weighted by Gasteiger charge is -2.11. The lowest BCUT2D eigenvalue weighted by molar-refractivity contribution is 0.271. The van der Waals surface area contributed by atoms with Crippen LogP contribution < -0.4 is 14.8 Å². The molecule has 0 bridgehead atoms. The molecule has 0 radical (unpaired) electrons. The van der Waals surface area contributed by atoms with Gasteiger partial charge in [0.2, 0.25) is 0 Å². The van der Waals surface area contributed by atoms with Gasteiger partial charge in [0.25, 0.3) is 0 Å². The minimum atomic E-state index is 0.530. The molecule has 3 nitrogen and oxygen atoms in total. The maximum atomic E-state index is 6.07. The Morgan fingerprint density at radius 1 is 0.960 bits per heavy atom.